The molecular weight excluding hydrogens is 576 g/mol. The molecule has 5 atom stereocenters. The summed E-state index contributed by atoms with van der Waals surface area (Å²) in [6, 6.07) is 3.40. The third kappa shape index (κ3) is 4.67. The lowest BCUT2D eigenvalue weighted by Gasteiger charge is -2.34. The van der Waals surface area contributed by atoms with Crippen molar-refractivity contribution in [3.63, 3.8) is 0 Å². The Morgan fingerprint density at radius 2 is 1.91 bits per heavy atom. The summed E-state index contributed by atoms with van der Waals surface area (Å²) in [6.45, 7) is 2.76. The van der Waals surface area contributed by atoms with Crippen LogP contribution in [0.15, 0.2) is 18.3 Å². The summed E-state index contributed by atoms with van der Waals surface area (Å²) in [6.07, 6.45) is 3.54. The number of aromatic nitrogens is 3. The molecule has 0 saturated carbocycles. The lowest BCUT2D eigenvalue weighted by molar-refractivity contribution is 0.106. The molecule has 2 N–H and O–H groups in total. The molecule has 0 spiro atoms. The number of aryl methyl sites for hydroxylation is 1. The smallest absolute Gasteiger partial charge is 0.319 e. The van der Waals surface area contributed by atoms with Gasteiger partial charge in [-0.15, -0.1) is 0 Å². The Hall–Kier alpha value is -3.25. The first-order chi connectivity index (χ1) is 21.3. The molecule has 12 heteroatoms. The van der Waals surface area contributed by atoms with Crippen LogP contribution in [0.1, 0.15) is 62.0 Å². The SMILES string of the molecule is Oc1cc2c(c(-c3ncc4c(N5C[C@H]6CC[C@@H](C5)N6)nc(OC[C@@]56CCCN5C[C@H](F)C6)nc4c3F)c1)C(C(F)F)CCC2. The molecule has 234 valence electrons. The van der Waals surface area contributed by atoms with Gasteiger partial charge in [0.2, 0.25) is 6.43 Å². The fourth-order valence-electron chi connectivity index (χ4n) is 8.58. The minimum absolute atomic E-state index is 0.00126. The van der Waals surface area contributed by atoms with E-state index in [2.05, 4.69) is 25.1 Å². The van der Waals surface area contributed by atoms with Gasteiger partial charge in [0, 0.05) is 55.8 Å². The second-order valence-corrected chi connectivity index (χ2v) is 13.3. The molecule has 0 amide bonds. The summed E-state index contributed by atoms with van der Waals surface area (Å²) in [5.41, 5.74) is 0.501. The Kier molecular flexibility index (Phi) is 6.86. The number of alkyl halides is 3. The van der Waals surface area contributed by atoms with Crippen LogP contribution in [0.3, 0.4) is 0 Å². The molecule has 4 fully saturated rings. The lowest BCUT2D eigenvalue weighted by atomic mass is 9.79. The van der Waals surface area contributed by atoms with Crippen molar-refractivity contribution in [3.8, 4) is 23.0 Å². The molecule has 6 heterocycles. The summed E-state index contributed by atoms with van der Waals surface area (Å²) >= 11 is 0. The first kappa shape index (κ1) is 28.2. The summed E-state index contributed by atoms with van der Waals surface area (Å²) < 4.78 is 65.8. The van der Waals surface area contributed by atoms with Crippen molar-refractivity contribution in [2.75, 3.05) is 37.7 Å². The number of aromatic hydroxyl groups is 1. The van der Waals surface area contributed by atoms with Crippen molar-refractivity contribution >= 4 is 16.7 Å². The Bertz CT molecular complexity index is 1600. The summed E-state index contributed by atoms with van der Waals surface area (Å²) in [5.74, 6) is -1.46. The number of fused-ring (bicyclic) bond motifs is 5. The predicted molar refractivity (Wildman–Crippen MR) is 157 cm³/mol. The number of halogens is 4. The predicted octanol–water partition coefficient (Wildman–Crippen LogP) is 5.12. The van der Waals surface area contributed by atoms with Crippen LogP contribution in [0.5, 0.6) is 11.8 Å². The summed E-state index contributed by atoms with van der Waals surface area (Å²) in [7, 11) is 0. The van der Waals surface area contributed by atoms with Gasteiger partial charge in [-0.1, -0.05) is 0 Å². The number of pyridine rings is 1. The van der Waals surface area contributed by atoms with Crippen LogP contribution in [0.4, 0.5) is 23.4 Å². The number of anilines is 1. The van der Waals surface area contributed by atoms with Gasteiger partial charge in [0.25, 0.3) is 0 Å². The molecule has 8 rings (SSSR count). The Labute approximate surface area is 252 Å². The average Bonchev–Trinajstić information content (AvgIpc) is 3.65. The van der Waals surface area contributed by atoms with Crippen molar-refractivity contribution < 1.29 is 27.4 Å². The van der Waals surface area contributed by atoms with Crippen molar-refractivity contribution in [2.24, 2.45) is 0 Å². The Morgan fingerprint density at radius 1 is 1.09 bits per heavy atom. The third-order valence-electron chi connectivity index (χ3n) is 10.5. The minimum Gasteiger partial charge on any atom is -0.508 e. The number of piperazine rings is 1. The van der Waals surface area contributed by atoms with Gasteiger partial charge in [0.05, 0.1) is 10.9 Å². The van der Waals surface area contributed by atoms with Crippen LogP contribution in [0.25, 0.3) is 22.2 Å². The normalized spacial score (nSPS) is 29.9. The molecule has 1 unspecified atom stereocenters. The standard InChI is InChI=1S/C32H36F4N6O2/c33-18-11-32(7-2-8-42(32)13-18)16-44-31-39-28-24(30(40-31)41-14-19-5-6-20(15-41)38-19)12-37-27(26(28)34)23-10-21(43)9-17-3-1-4-22(25(17)23)29(35)36/h9-10,12,18-20,22,29,38,43H,1-8,11,13-16H2/t18-,19-,20+,22?,32+/m1/s1. The molecule has 2 aromatic heterocycles. The number of phenols is 1. The highest BCUT2D eigenvalue weighted by Crippen LogP contribution is 2.45. The molecule has 3 aromatic rings. The van der Waals surface area contributed by atoms with Crippen LogP contribution >= 0.6 is 0 Å². The molecule has 4 saturated heterocycles. The van der Waals surface area contributed by atoms with Gasteiger partial charge < -0.3 is 20.1 Å². The highest BCUT2D eigenvalue weighted by molar-refractivity contribution is 5.92. The van der Waals surface area contributed by atoms with E-state index in [1.54, 1.807) is 0 Å². The maximum Gasteiger partial charge on any atom is 0.319 e. The number of nitrogens with zero attached hydrogens (tertiary/aromatic N) is 5. The van der Waals surface area contributed by atoms with Crippen LogP contribution in [-0.2, 0) is 6.42 Å². The number of hydrogen-bond donors (Lipinski definition) is 2. The van der Waals surface area contributed by atoms with Crippen LogP contribution in [0.2, 0.25) is 0 Å². The molecule has 1 aliphatic carbocycles. The van der Waals surface area contributed by atoms with E-state index in [4.69, 9.17) is 9.72 Å². The van der Waals surface area contributed by atoms with E-state index in [-0.39, 0.29) is 53.6 Å². The van der Waals surface area contributed by atoms with Gasteiger partial charge in [-0.05, 0) is 74.8 Å². The van der Waals surface area contributed by atoms with Crippen molar-refractivity contribution in [2.45, 2.75) is 87.5 Å². The molecule has 5 aliphatic rings. The summed E-state index contributed by atoms with van der Waals surface area (Å²) in [5, 5.41) is 14.5. The van der Waals surface area contributed by atoms with Crippen molar-refractivity contribution in [3.05, 3.63) is 35.3 Å². The van der Waals surface area contributed by atoms with Gasteiger partial charge in [-0.2, -0.15) is 9.97 Å². The zero-order valence-electron chi connectivity index (χ0n) is 24.4. The number of nitrogens with one attached hydrogen (secondary N) is 1. The van der Waals surface area contributed by atoms with Gasteiger partial charge in [-0.3, -0.25) is 9.88 Å². The van der Waals surface area contributed by atoms with Crippen LogP contribution in [0, 0.1) is 5.82 Å². The zero-order chi connectivity index (χ0) is 30.2. The minimum atomic E-state index is -2.63. The van der Waals surface area contributed by atoms with Crippen molar-refractivity contribution in [1.29, 1.82) is 0 Å². The molecular formula is C32H36F4N6O2. The molecule has 1 aromatic carbocycles. The Balaban J connectivity index is 1.24. The van der Waals surface area contributed by atoms with E-state index in [1.807, 2.05) is 0 Å². The topological polar surface area (TPSA) is 86.6 Å². The second kappa shape index (κ2) is 10.7. The van der Waals surface area contributed by atoms with Gasteiger partial charge in [-0.25, -0.2) is 17.6 Å². The number of rotatable bonds is 6. The highest BCUT2D eigenvalue weighted by atomic mass is 19.3. The van der Waals surface area contributed by atoms with E-state index in [0.29, 0.717) is 61.2 Å². The monoisotopic (exact) mass is 612 g/mol. The van der Waals surface area contributed by atoms with Gasteiger partial charge in [0.15, 0.2) is 5.82 Å². The van der Waals surface area contributed by atoms with E-state index >= 15 is 4.39 Å². The van der Waals surface area contributed by atoms with E-state index < -0.39 is 29.9 Å². The zero-order valence-corrected chi connectivity index (χ0v) is 24.4. The largest absolute Gasteiger partial charge is 0.508 e. The average molecular weight is 613 g/mol. The maximum absolute atomic E-state index is 16.7. The third-order valence-corrected chi connectivity index (χ3v) is 10.5. The highest BCUT2D eigenvalue weighted by Gasteiger charge is 2.49. The number of benzene rings is 1. The molecule has 8 nitrogen and oxygen atoms in total. The van der Waals surface area contributed by atoms with E-state index in [9.17, 15) is 18.3 Å². The fourth-order valence-corrected chi connectivity index (χ4v) is 8.58. The fraction of sp³-hybridized carbons (Fsp3) is 0.594. The quantitative estimate of drug-likeness (QED) is 0.372. The van der Waals surface area contributed by atoms with Crippen LogP contribution < -0.4 is 15.0 Å². The molecule has 4 aliphatic heterocycles. The molecule has 44 heavy (non-hydrogen) atoms. The van der Waals surface area contributed by atoms with Crippen LogP contribution in [-0.4, -0.2) is 88.0 Å². The second-order valence-electron chi connectivity index (χ2n) is 13.3. The number of phenolic OH excluding ortho intramolecular Hbond substituents is 1. The lowest BCUT2D eigenvalue weighted by Crippen LogP contribution is -2.51. The van der Waals surface area contributed by atoms with Gasteiger partial charge >= 0.3 is 6.01 Å². The first-order valence-corrected chi connectivity index (χ1v) is 15.8. The summed E-state index contributed by atoms with van der Waals surface area (Å²) in [4.78, 5) is 18.1. The van der Waals surface area contributed by atoms with E-state index in [1.165, 1.54) is 18.3 Å². The van der Waals surface area contributed by atoms with E-state index in [0.717, 1.165) is 32.2 Å². The molecule has 2 bridgehead atoms. The molecule has 0 radical (unpaired) electrons. The first-order valence-electron chi connectivity index (χ1n) is 15.8. The maximum atomic E-state index is 16.7. The Morgan fingerprint density at radius 3 is 2.70 bits per heavy atom. The van der Waals surface area contributed by atoms with Gasteiger partial charge in [0.1, 0.15) is 35.6 Å². The van der Waals surface area contributed by atoms with Crippen molar-refractivity contribution in [1.82, 2.24) is 25.2 Å². The number of hydrogen-bond acceptors (Lipinski definition) is 8. The number of ether oxygens (including phenoxy) is 1.